The number of carbonyl (C=O) groups excluding carboxylic acids is 2. The number of rotatable bonds is 1. The number of hydrogen-bond donors (Lipinski definition) is 1. The highest BCUT2D eigenvalue weighted by Gasteiger charge is 2.68. The second kappa shape index (κ2) is 5.59. The number of H-pyrrole nitrogens is 1. The fraction of sp³-hybridized carbons (Fsp3) is 0.632. The zero-order valence-corrected chi connectivity index (χ0v) is 14.8. The van der Waals surface area contributed by atoms with Crippen molar-refractivity contribution >= 4 is 28.8 Å². The number of amides is 2. The monoisotopic (exact) mass is 353 g/mol. The molecule has 2 amide bonds. The molecule has 0 bridgehead atoms. The third-order valence-corrected chi connectivity index (χ3v) is 6.97. The molecule has 0 unspecified atom stereocenters. The van der Waals surface area contributed by atoms with Crippen LogP contribution < -0.4 is 4.90 Å². The Kier molecular flexibility index (Phi) is 3.42. The third kappa shape index (κ3) is 1.86. The molecule has 1 N–H and O–H groups in total. The van der Waals surface area contributed by atoms with Gasteiger partial charge < -0.3 is 4.98 Å². The van der Waals surface area contributed by atoms with Crippen LogP contribution in [0.3, 0.4) is 0 Å². The van der Waals surface area contributed by atoms with Gasteiger partial charge in [-0.1, -0.05) is 38.5 Å². The lowest BCUT2D eigenvalue weighted by Crippen LogP contribution is -2.47. The van der Waals surface area contributed by atoms with Crippen molar-refractivity contribution in [3.05, 3.63) is 12.7 Å². The molecule has 0 radical (unpaired) electrons. The number of nitrogens with one attached hydrogen (secondary N) is 1. The highest BCUT2D eigenvalue weighted by Crippen LogP contribution is 2.62. The molecule has 136 valence electrons. The molecule has 7 nitrogen and oxygen atoms in total. The van der Waals surface area contributed by atoms with Gasteiger partial charge in [-0.05, 0) is 25.7 Å². The van der Waals surface area contributed by atoms with Crippen LogP contribution in [-0.2, 0) is 9.59 Å². The van der Waals surface area contributed by atoms with E-state index < -0.39 is 10.8 Å². The van der Waals surface area contributed by atoms with Gasteiger partial charge in [-0.3, -0.25) is 9.59 Å². The Morgan fingerprint density at radius 1 is 0.808 bits per heavy atom. The van der Waals surface area contributed by atoms with E-state index in [2.05, 4.69) is 19.9 Å². The maximum absolute atomic E-state index is 13.7. The van der Waals surface area contributed by atoms with E-state index in [1.165, 1.54) is 17.6 Å². The predicted molar refractivity (Wildman–Crippen MR) is 95.2 cm³/mol. The summed E-state index contributed by atoms with van der Waals surface area (Å²) in [6, 6.07) is 0. The van der Waals surface area contributed by atoms with Gasteiger partial charge in [-0.25, -0.2) is 19.9 Å². The third-order valence-electron chi connectivity index (χ3n) is 6.97. The molecule has 2 aliphatic carbocycles. The Morgan fingerprint density at radius 3 is 1.96 bits per heavy atom. The van der Waals surface area contributed by atoms with Crippen LogP contribution in [0.25, 0.3) is 11.2 Å². The van der Waals surface area contributed by atoms with Gasteiger partial charge in [-0.2, -0.15) is 0 Å². The van der Waals surface area contributed by atoms with Gasteiger partial charge in [0.1, 0.15) is 11.8 Å². The summed E-state index contributed by atoms with van der Waals surface area (Å²) in [5.74, 6) is 0.285. The van der Waals surface area contributed by atoms with Crippen molar-refractivity contribution in [3.63, 3.8) is 0 Å². The molecule has 1 aliphatic heterocycles. The average Bonchev–Trinajstić information content (AvgIpc) is 3.23. The van der Waals surface area contributed by atoms with E-state index in [1.54, 1.807) is 0 Å². The van der Waals surface area contributed by atoms with E-state index >= 15 is 0 Å². The summed E-state index contributed by atoms with van der Waals surface area (Å²) in [6.07, 6.45) is 12.6. The fourth-order valence-corrected chi connectivity index (χ4v) is 5.74. The molecule has 3 fully saturated rings. The number of anilines is 1. The van der Waals surface area contributed by atoms with Gasteiger partial charge in [0.2, 0.25) is 11.8 Å². The molecule has 1 saturated heterocycles. The molecular formula is C19H23N5O2. The van der Waals surface area contributed by atoms with E-state index in [1.807, 2.05) is 0 Å². The average molecular weight is 353 g/mol. The summed E-state index contributed by atoms with van der Waals surface area (Å²) >= 11 is 0. The number of nitrogens with zero attached hydrogens (tertiary/aromatic N) is 4. The van der Waals surface area contributed by atoms with E-state index in [0.29, 0.717) is 17.0 Å². The second-order valence-electron chi connectivity index (χ2n) is 8.03. The van der Waals surface area contributed by atoms with Crippen LogP contribution in [0, 0.1) is 10.8 Å². The van der Waals surface area contributed by atoms with Crippen LogP contribution in [0.4, 0.5) is 5.82 Å². The van der Waals surface area contributed by atoms with Gasteiger partial charge in [0, 0.05) is 0 Å². The summed E-state index contributed by atoms with van der Waals surface area (Å²) in [6.45, 7) is 0. The van der Waals surface area contributed by atoms with E-state index in [0.717, 1.165) is 64.2 Å². The zero-order chi connectivity index (χ0) is 17.8. The van der Waals surface area contributed by atoms with Crippen molar-refractivity contribution in [3.8, 4) is 0 Å². The summed E-state index contributed by atoms with van der Waals surface area (Å²) in [7, 11) is 0. The highest BCUT2D eigenvalue weighted by atomic mass is 16.2. The van der Waals surface area contributed by atoms with Crippen molar-refractivity contribution < 1.29 is 9.59 Å². The lowest BCUT2D eigenvalue weighted by molar-refractivity contribution is -0.141. The van der Waals surface area contributed by atoms with Crippen molar-refractivity contribution in [1.82, 2.24) is 19.9 Å². The van der Waals surface area contributed by atoms with Crippen LogP contribution in [0.1, 0.15) is 64.2 Å². The molecule has 0 aromatic carbocycles. The molecular weight excluding hydrogens is 330 g/mol. The van der Waals surface area contributed by atoms with Gasteiger partial charge in [0.25, 0.3) is 0 Å². The van der Waals surface area contributed by atoms with Crippen molar-refractivity contribution in [2.24, 2.45) is 10.8 Å². The number of aromatic nitrogens is 4. The van der Waals surface area contributed by atoms with E-state index in [9.17, 15) is 9.59 Å². The number of carbonyl (C=O) groups is 2. The van der Waals surface area contributed by atoms with Crippen LogP contribution in [0.15, 0.2) is 12.7 Å². The molecule has 2 aromatic heterocycles. The summed E-state index contributed by atoms with van der Waals surface area (Å²) < 4.78 is 0. The number of fused-ring (bicyclic) bond motifs is 2. The quantitative estimate of drug-likeness (QED) is 0.795. The first-order valence-electron chi connectivity index (χ1n) is 9.73. The van der Waals surface area contributed by atoms with Gasteiger partial charge in [0.15, 0.2) is 11.5 Å². The van der Waals surface area contributed by atoms with Crippen LogP contribution in [0.5, 0.6) is 0 Å². The molecule has 2 aromatic rings. The van der Waals surface area contributed by atoms with Crippen molar-refractivity contribution in [1.29, 1.82) is 0 Å². The SMILES string of the molecule is O=C1N(c2ncnc3nc[nH]c23)C(=O)C2(CCCCC2)C12CCCCC2. The molecule has 26 heavy (non-hydrogen) atoms. The predicted octanol–water partition coefficient (Wildman–Crippen LogP) is 3.13. The molecule has 7 heteroatoms. The smallest absolute Gasteiger partial charge is 0.242 e. The highest BCUT2D eigenvalue weighted by molar-refractivity contribution is 6.26. The van der Waals surface area contributed by atoms with Crippen LogP contribution in [-0.4, -0.2) is 31.8 Å². The zero-order valence-electron chi connectivity index (χ0n) is 14.8. The summed E-state index contributed by atoms with van der Waals surface area (Å²) in [4.78, 5) is 44.5. The molecule has 2 spiro atoms. The lowest BCUT2D eigenvalue weighted by Gasteiger charge is -2.46. The minimum atomic E-state index is -0.542. The maximum atomic E-state index is 13.7. The minimum absolute atomic E-state index is 0.0429. The Morgan fingerprint density at radius 2 is 1.38 bits per heavy atom. The maximum Gasteiger partial charge on any atom is 0.242 e. The molecule has 2 saturated carbocycles. The molecule has 0 atom stereocenters. The normalized spacial score (nSPS) is 24.8. The minimum Gasteiger partial charge on any atom is -0.340 e. The molecule has 3 aliphatic rings. The largest absolute Gasteiger partial charge is 0.340 e. The first-order chi connectivity index (χ1) is 12.7. The lowest BCUT2D eigenvalue weighted by atomic mass is 9.53. The van der Waals surface area contributed by atoms with E-state index in [-0.39, 0.29) is 11.8 Å². The Labute approximate surface area is 151 Å². The second-order valence-corrected chi connectivity index (χ2v) is 8.03. The van der Waals surface area contributed by atoms with Crippen molar-refractivity contribution in [2.75, 3.05) is 4.90 Å². The van der Waals surface area contributed by atoms with Gasteiger partial charge in [0.05, 0.1) is 17.2 Å². The van der Waals surface area contributed by atoms with Gasteiger partial charge in [-0.15, -0.1) is 0 Å². The number of imide groups is 1. The number of aromatic amines is 1. The van der Waals surface area contributed by atoms with Gasteiger partial charge >= 0.3 is 0 Å². The Balaban J connectivity index is 1.69. The molecule has 5 rings (SSSR count). The standard InChI is InChI=1S/C19H23N5O2/c25-16-18(7-3-1-4-8-18)19(9-5-2-6-10-19)17(26)24(16)15-13-14(21-11-20-13)22-12-23-15/h11-12H,1-10H2,(H,20,21,22,23). The number of hydrogen-bond acceptors (Lipinski definition) is 5. The summed E-state index contributed by atoms with van der Waals surface area (Å²) in [5, 5.41) is 0. The summed E-state index contributed by atoms with van der Waals surface area (Å²) in [5.41, 5.74) is -0.0361. The first-order valence-corrected chi connectivity index (χ1v) is 9.73. The number of imidazole rings is 1. The van der Waals surface area contributed by atoms with Crippen LogP contribution >= 0.6 is 0 Å². The first kappa shape index (κ1) is 15.9. The Bertz CT molecular complexity index is 841. The van der Waals surface area contributed by atoms with E-state index in [4.69, 9.17) is 0 Å². The Hall–Kier alpha value is -2.31. The topological polar surface area (TPSA) is 91.8 Å². The van der Waals surface area contributed by atoms with Crippen LogP contribution in [0.2, 0.25) is 0 Å². The van der Waals surface area contributed by atoms with Crippen molar-refractivity contribution in [2.45, 2.75) is 64.2 Å². The molecule has 3 heterocycles. The fourth-order valence-electron chi connectivity index (χ4n) is 5.74.